The second-order valence-corrected chi connectivity index (χ2v) is 7.07. The highest BCUT2D eigenvalue weighted by molar-refractivity contribution is 7.98. The van der Waals surface area contributed by atoms with E-state index in [1.54, 1.807) is 23.5 Å². The predicted octanol–water partition coefficient (Wildman–Crippen LogP) is 5.47. The van der Waals surface area contributed by atoms with Crippen molar-refractivity contribution in [1.82, 2.24) is 4.98 Å². The van der Waals surface area contributed by atoms with Crippen LogP contribution in [-0.2, 0) is 12.2 Å². The molecule has 0 bridgehead atoms. The van der Waals surface area contributed by atoms with Crippen LogP contribution in [0.5, 0.6) is 0 Å². The number of hydrogen-bond donors (Lipinski definition) is 0. The Hall–Kier alpha value is -1.65. The topological polar surface area (TPSA) is 12.9 Å². The number of nitrogens with zero attached hydrogens (tertiary/aromatic N) is 1. The largest absolute Gasteiger partial charge is 0.245 e. The number of benzene rings is 2. The molecule has 1 heterocycles. The number of aryl methyl sites for hydroxylation is 1. The summed E-state index contributed by atoms with van der Waals surface area (Å²) in [6, 6.07) is 15.4. The van der Waals surface area contributed by atoms with Crippen LogP contribution in [0.4, 0.5) is 4.39 Å². The van der Waals surface area contributed by atoms with Gasteiger partial charge in [-0.3, -0.25) is 0 Å². The van der Waals surface area contributed by atoms with Crippen molar-refractivity contribution in [3.63, 3.8) is 0 Å². The summed E-state index contributed by atoms with van der Waals surface area (Å²) in [5, 5.41) is 3.17. The van der Waals surface area contributed by atoms with E-state index in [4.69, 9.17) is 0 Å². The average molecular weight is 329 g/mol. The molecule has 4 heteroatoms. The van der Waals surface area contributed by atoms with Crippen LogP contribution in [0, 0.1) is 12.7 Å². The van der Waals surface area contributed by atoms with Crippen LogP contribution < -0.4 is 0 Å². The first-order chi connectivity index (χ1) is 10.7. The predicted molar refractivity (Wildman–Crippen MR) is 92.1 cm³/mol. The molecular weight excluding hydrogens is 313 g/mol. The lowest BCUT2D eigenvalue weighted by Crippen LogP contribution is -1.89. The van der Waals surface area contributed by atoms with Crippen molar-refractivity contribution in [2.24, 2.45) is 0 Å². The van der Waals surface area contributed by atoms with E-state index in [2.05, 4.69) is 41.6 Å². The van der Waals surface area contributed by atoms with E-state index >= 15 is 0 Å². The summed E-state index contributed by atoms with van der Waals surface area (Å²) in [4.78, 5) is 5.32. The van der Waals surface area contributed by atoms with E-state index in [0.717, 1.165) is 17.1 Å². The van der Waals surface area contributed by atoms with Gasteiger partial charge in [-0.25, -0.2) is 9.37 Å². The fourth-order valence-corrected chi connectivity index (χ4v) is 3.86. The lowest BCUT2D eigenvalue weighted by atomic mass is 10.1. The third-order valence-corrected chi connectivity index (χ3v) is 5.27. The van der Waals surface area contributed by atoms with Crippen LogP contribution in [-0.4, -0.2) is 4.98 Å². The van der Waals surface area contributed by atoms with Crippen molar-refractivity contribution >= 4 is 23.1 Å². The summed E-state index contributed by atoms with van der Waals surface area (Å²) >= 11 is 3.16. The van der Waals surface area contributed by atoms with Crippen LogP contribution in [0.2, 0.25) is 0 Å². The van der Waals surface area contributed by atoms with Crippen molar-refractivity contribution < 1.29 is 4.39 Å². The molecule has 1 nitrogen and oxygen atoms in total. The summed E-state index contributed by atoms with van der Waals surface area (Å²) in [5.74, 6) is 0.535. The number of thiazole rings is 1. The first-order valence-electron chi connectivity index (χ1n) is 7.07. The molecule has 0 unspecified atom stereocenters. The second-order valence-electron chi connectivity index (χ2n) is 5.11. The molecular formula is C18H16FNS2. The summed E-state index contributed by atoms with van der Waals surface area (Å²) in [6.07, 6.45) is 0.856. The minimum absolute atomic E-state index is 0.164. The van der Waals surface area contributed by atoms with Gasteiger partial charge in [-0.15, -0.1) is 23.1 Å². The molecule has 2 aromatic carbocycles. The maximum atomic E-state index is 13.6. The fraction of sp³-hybridized carbons (Fsp3) is 0.167. The number of hydrogen-bond acceptors (Lipinski definition) is 3. The highest BCUT2D eigenvalue weighted by Gasteiger charge is 2.06. The Bertz CT molecular complexity index is 750. The molecule has 0 saturated heterocycles. The summed E-state index contributed by atoms with van der Waals surface area (Å²) in [5.41, 5.74) is 3.55. The molecule has 3 rings (SSSR count). The third-order valence-electron chi connectivity index (χ3n) is 3.29. The Kier molecular flexibility index (Phi) is 4.90. The average Bonchev–Trinajstić information content (AvgIpc) is 2.96. The van der Waals surface area contributed by atoms with E-state index in [-0.39, 0.29) is 5.82 Å². The molecule has 112 valence electrons. The number of thioether (sulfide) groups is 1. The van der Waals surface area contributed by atoms with Gasteiger partial charge in [0.15, 0.2) is 0 Å². The van der Waals surface area contributed by atoms with Crippen LogP contribution in [0.1, 0.15) is 21.8 Å². The van der Waals surface area contributed by atoms with Crippen LogP contribution in [0.3, 0.4) is 0 Å². The van der Waals surface area contributed by atoms with Crippen molar-refractivity contribution in [1.29, 1.82) is 0 Å². The zero-order valence-electron chi connectivity index (χ0n) is 12.3. The highest BCUT2D eigenvalue weighted by Crippen LogP contribution is 2.26. The van der Waals surface area contributed by atoms with E-state index < -0.39 is 0 Å². The van der Waals surface area contributed by atoms with Crippen molar-refractivity contribution in [2.75, 3.05) is 0 Å². The monoisotopic (exact) mass is 329 g/mol. The maximum absolute atomic E-state index is 13.6. The molecule has 0 amide bonds. The normalized spacial score (nSPS) is 10.8. The SMILES string of the molecule is Cc1ccc(Cc2nc(CSc3ccccc3F)cs2)cc1. The second kappa shape index (κ2) is 7.07. The first-order valence-corrected chi connectivity index (χ1v) is 8.93. The van der Waals surface area contributed by atoms with Crippen LogP contribution >= 0.6 is 23.1 Å². The summed E-state index contributed by atoms with van der Waals surface area (Å²) < 4.78 is 13.6. The minimum Gasteiger partial charge on any atom is -0.245 e. The standard InChI is InChI=1S/C18H16FNS2/c1-13-6-8-14(9-7-13)10-18-20-15(12-22-18)11-21-17-5-3-2-4-16(17)19/h2-9,12H,10-11H2,1H3. The van der Waals surface area contributed by atoms with Gasteiger partial charge in [0, 0.05) is 22.4 Å². The van der Waals surface area contributed by atoms with E-state index in [0.29, 0.717) is 10.6 Å². The molecule has 3 aromatic rings. The van der Waals surface area contributed by atoms with Gasteiger partial charge in [0.25, 0.3) is 0 Å². The van der Waals surface area contributed by atoms with Gasteiger partial charge in [0.2, 0.25) is 0 Å². The number of rotatable bonds is 5. The Balaban J connectivity index is 1.61. The van der Waals surface area contributed by atoms with Gasteiger partial charge in [0.1, 0.15) is 5.82 Å². The summed E-state index contributed by atoms with van der Waals surface area (Å²) in [7, 11) is 0. The highest BCUT2D eigenvalue weighted by atomic mass is 32.2. The minimum atomic E-state index is -0.164. The van der Waals surface area contributed by atoms with Crippen molar-refractivity contribution in [3.05, 3.63) is 81.6 Å². The van der Waals surface area contributed by atoms with Crippen LogP contribution in [0.25, 0.3) is 0 Å². The van der Waals surface area contributed by atoms with Gasteiger partial charge >= 0.3 is 0 Å². The maximum Gasteiger partial charge on any atom is 0.136 e. The Morgan fingerprint density at radius 1 is 1.09 bits per heavy atom. The van der Waals surface area contributed by atoms with Gasteiger partial charge < -0.3 is 0 Å². The van der Waals surface area contributed by atoms with E-state index in [1.165, 1.54) is 29.0 Å². The molecule has 0 N–H and O–H groups in total. The zero-order chi connectivity index (χ0) is 15.4. The first kappa shape index (κ1) is 15.3. The van der Waals surface area contributed by atoms with E-state index in [9.17, 15) is 4.39 Å². The van der Waals surface area contributed by atoms with E-state index in [1.807, 2.05) is 6.07 Å². The van der Waals surface area contributed by atoms with Gasteiger partial charge in [0.05, 0.1) is 10.7 Å². The van der Waals surface area contributed by atoms with Gasteiger partial charge in [-0.05, 0) is 24.6 Å². The molecule has 0 atom stereocenters. The lowest BCUT2D eigenvalue weighted by molar-refractivity contribution is 0.602. The molecule has 0 radical (unpaired) electrons. The number of aromatic nitrogens is 1. The van der Waals surface area contributed by atoms with Crippen LogP contribution in [0.15, 0.2) is 58.8 Å². The Labute approximate surface area is 138 Å². The zero-order valence-corrected chi connectivity index (χ0v) is 13.9. The smallest absolute Gasteiger partial charge is 0.136 e. The molecule has 0 aliphatic carbocycles. The third kappa shape index (κ3) is 3.96. The van der Waals surface area contributed by atoms with Gasteiger partial charge in [-0.2, -0.15) is 0 Å². The van der Waals surface area contributed by atoms with Gasteiger partial charge in [-0.1, -0.05) is 42.0 Å². The Morgan fingerprint density at radius 3 is 2.64 bits per heavy atom. The molecule has 22 heavy (non-hydrogen) atoms. The molecule has 0 spiro atoms. The quantitative estimate of drug-likeness (QED) is 0.575. The molecule has 0 fully saturated rings. The fourth-order valence-electron chi connectivity index (χ4n) is 2.09. The number of halogens is 1. The molecule has 0 aliphatic rings. The molecule has 1 aromatic heterocycles. The van der Waals surface area contributed by atoms with Crippen molar-refractivity contribution in [3.8, 4) is 0 Å². The van der Waals surface area contributed by atoms with Crippen molar-refractivity contribution in [2.45, 2.75) is 24.0 Å². The molecule has 0 aliphatic heterocycles. The lowest BCUT2D eigenvalue weighted by Gasteiger charge is -2.01. The Morgan fingerprint density at radius 2 is 1.86 bits per heavy atom. The summed E-state index contributed by atoms with van der Waals surface area (Å²) in [6.45, 7) is 2.09. The molecule has 0 saturated carbocycles.